The van der Waals surface area contributed by atoms with Crippen molar-refractivity contribution >= 4 is 34.5 Å². The van der Waals surface area contributed by atoms with Crippen molar-refractivity contribution < 1.29 is 0 Å². The van der Waals surface area contributed by atoms with Crippen molar-refractivity contribution in [2.45, 2.75) is 66.7 Å². The fraction of sp³-hybridized carbons (Fsp3) is 0.467. The number of nitrogens with zero attached hydrogens (tertiary/aromatic N) is 2. The van der Waals surface area contributed by atoms with Crippen LogP contribution in [0.4, 0.5) is 0 Å². The van der Waals surface area contributed by atoms with Crippen LogP contribution in [-0.2, 0) is 6.42 Å². The molecule has 34 heavy (non-hydrogen) atoms. The van der Waals surface area contributed by atoms with E-state index in [-0.39, 0.29) is 0 Å². The standard InChI is InChI=1S/C21H20ClN.C7H15NS.C2H6/c1-4-6-7-19-16(5-2)13-18(14-20(19)22)23-11-10-17-12-15(3)8-9-21(17)23;1-7-4-3-5-8(6-7)9-2;1-2/h2,8-14H,4,6-7H2,1,3H3;7H,3-6H2,1-2H3;1-2H3/t;7-;/m.1./s1. The summed E-state index contributed by atoms with van der Waals surface area (Å²) in [7, 11) is 0. The lowest BCUT2D eigenvalue weighted by atomic mass is 10.0. The van der Waals surface area contributed by atoms with Crippen molar-refractivity contribution in [2.75, 3.05) is 19.3 Å². The molecule has 0 spiro atoms. The molecule has 2 aromatic carbocycles. The number of hydrogen-bond donors (Lipinski definition) is 0. The maximum absolute atomic E-state index is 6.53. The molecule has 0 saturated carbocycles. The molecule has 2 nitrogen and oxygen atoms in total. The van der Waals surface area contributed by atoms with E-state index in [0.717, 1.165) is 52.5 Å². The molecule has 4 heteroatoms. The Hall–Kier alpha value is -1.86. The van der Waals surface area contributed by atoms with Gasteiger partial charge in [-0.2, -0.15) is 0 Å². The average molecular weight is 497 g/mol. The number of hydrogen-bond acceptors (Lipinski definition) is 2. The minimum Gasteiger partial charge on any atom is -0.316 e. The number of piperidine rings is 1. The first kappa shape index (κ1) is 28.4. The second-order valence-corrected chi connectivity index (χ2v) is 10.1. The number of aryl methyl sites for hydroxylation is 1. The number of unbranched alkanes of at least 4 members (excludes halogenated alkanes) is 1. The van der Waals surface area contributed by atoms with E-state index in [1.54, 1.807) is 0 Å². The van der Waals surface area contributed by atoms with Crippen molar-refractivity contribution in [3.8, 4) is 18.0 Å². The molecule has 1 atom stereocenters. The second-order valence-electron chi connectivity index (χ2n) is 8.77. The van der Waals surface area contributed by atoms with Crippen LogP contribution >= 0.6 is 23.5 Å². The zero-order valence-corrected chi connectivity index (χ0v) is 23.4. The Morgan fingerprint density at radius 2 is 1.94 bits per heavy atom. The molecule has 0 radical (unpaired) electrons. The van der Waals surface area contributed by atoms with Gasteiger partial charge in [-0.3, -0.25) is 4.31 Å². The van der Waals surface area contributed by atoms with E-state index in [1.165, 1.54) is 36.9 Å². The Bertz CT molecular complexity index is 1080. The SMILES string of the molecule is C#Cc1cc(-n2ccc3cc(C)ccc32)cc(Cl)c1CCCC.CC.CSN1CCC[C@@H](C)C1. The molecular weight excluding hydrogens is 456 g/mol. The third-order valence-electron chi connectivity index (χ3n) is 6.12. The monoisotopic (exact) mass is 496 g/mol. The number of aromatic nitrogens is 1. The molecule has 1 aliphatic heterocycles. The summed E-state index contributed by atoms with van der Waals surface area (Å²) in [6, 6.07) is 12.7. The Morgan fingerprint density at radius 1 is 1.18 bits per heavy atom. The first-order chi connectivity index (χ1) is 16.5. The Balaban J connectivity index is 0.000000311. The van der Waals surface area contributed by atoms with Crippen molar-refractivity contribution in [3.63, 3.8) is 0 Å². The van der Waals surface area contributed by atoms with Crippen LogP contribution in [0.25, 0.3) is 16.6 Å². The highest BCUT2D eigenvalue weighted by Gasteiger charge is 2.14. The van der Waals surface area contributed by atoms with Crippen LogP contribution in [0, 0.1) is 25.2 Å². The largest absolute Gasteiger partial charge is 0.316 e. The number of fused-ring (bicyclic) bond motifs is 1. The average Bonchev–Trinajstić information content (AvgIpc) is 3.27. The molecule has 1 saturated heterocycles. The summed E-state index contributed by atoms with van der Waals surface area (Å²) >= 11 is 8.42. The van der Waals surface area contributed by atoms with E-state index in [1.807, 2.05) is 31.9 Å². The predicted octanol–water partition coefficient (Wildman–Crippen LogP) is 8.94. The lowest BCUT2D eigenvalue weighted by molar-refractivity contribution is 0.303. The van der Waals surface area contributed by atoms with Gasteiger partial charge in [-0.15, -0.1) is 6.42 Å². The summed E-state index contributed by atoms with van der Waals surface area (Å²) < 4.78 is 4.60. The van der Waals surface area contributed by atoms with Gasteiger partial charge in [0.2, 0.25) is 0 Å². The first-order valence-corrected chi connectivity index (χ1v) is 14.2. The fourth-order valence-electron chi connectivity index (χ4n) is 4.30. The fourth-order valence-corrected chi connectivity index (χ4v) is 5.32. The first-order valence-electron chi connectivity index (χ1n) is 12.6. The molecule has 2 heterocycles. The van der Waals surface area contributed by atoms with Gasteiger partial charge in [0, 0.05) is 40.9 Å². The predicted molar refractivity (Wildman–Crippen MR) is 154 cm³/mol. The number of rotatable bonds is 5. The zero-order chi connectivity index (χ0) is 25.1. The van der Waals surface area contributed by atoms with Crippen LogP contribution in [0.2, 0.25) is 5.02 Å². The minimum absolute atomic E-state index is 0.762. The van der Waals surface area contributed by atoms with E-state index >= 15 is 0 Å². The second kappa shape index (κ2) is 14.5. The summed E-state index contributed by atoms with van der Waals surface area (Å²) in [5.41, 5.74) is 5.42. The molecule has 1 fully saturated rings. The van der Waals surface area contributed by atoms with Crippen molar-refractivity contribution in [2.24, 2.45) is 5.92 Å². The lowest BCUT2D eigenvalue weighted by Gasteiger charge is -2.28. The molecule has 1 aliphatic rings. The van der Waals surface area contributed by atoms with Gasteiger partial charge in [0.1, 0.15) is 0 Å². The van der Waals surface area contributed by atoms with E-state index in [4.69, 9.17) is 18.0 Å². The molecule has 0 bridgehead atoms. The quantitative estimate of drug-likeness (QED) is 0.257. The summed E-state index contributed by atoms with van der Waals surface area (Å²) in [5, 5.41) is 1.98. The molecule has 1 aromatic heterocycles. The maximum Gasteiger partial charge on any atom is 0.0528 e. The van der Waals surface area contributed by atoms with E-state index in [0.29, 0.717) is 0 Å². The van der Waals surface area contributed by atoms with Gasteiger partial charge >= 0.3 is 0 Å². The van der Waals surface area contributed by atoms with Crippen LogP contribution in [0.15, 0.2) is 42.6 Å². The molecule has 0 unspecified atom stereocenters. The van der Waals surface area contributed by atoms with Gasteiger partial charge in [0.15, 0.2) is 0 Å². The summed E-state index contributed by atoms with van der Waals surface area (Å²) in [5.74, 6) is 3.73. The molecule has 4 rings (SSSR count). The smallest absolute Gasteiger partial charge is 0.0528 e. The van der Waals surface area contributed by atoms with E-state index in [9.17, 15) is 0 Å². The summed E-state index contributed by atoms with van der Waals surface area (Å²) in [6.45, 7) is 13.2. The van der Waals surface area contributed by atoms with Gasteiger partial charge in [-0.25, -0.2) is 0 Å². The summed E-state index contributed by atoms with van der Waals surface area (Å²) in [4.78, 5) is 0. The van der Waals surface area contributed by atoms with Crippen LogP contribution < -0.4 is 0 Å². The number of halogens is 1. The van der Waals surface area contributed by atoms with Gasteiger partial charge in [0.25, 0.3) is 0 Å². The van der Waals surface area contributed by atoms with E-state index in [2.05, 4.69) is 78.3 Å². The van der Waals surface area contributed by atoms with Crippen LogP contribution in [0.1, 0.15) is 70.1 Å². The lowest BCUT2D eigenvalue weighted by Crippen LogP contribution is -2.28. The highest BCUT2D eigenvalue weighted by Crippen LogP contribution is 2.29. The summed E-state index contributed by atoms with van der Waals surface area (Å²) in [6.07, 6.45) is 15.9. The molecule has 0 aliphatic carbocycles. The number of terminal acetylenes is 1. The Labute approximate surface area is 217 Å². The minimum atomic E-state index is 0.762. The van der Waals surface area contributed by atoms with Gasteiger partial charge in [-0.05, 0) is 80.7 Å². The third-order valence-corrected chi connectivity index (χ3v) is 7.30. The normalized spacial score (nSPS) is 15.6. The molecule has 0 N–H and O–H groups in total. The van der Waals surface area contributed by atoms with Gasteiger partial charge in [-0.1, -0.05) is 75.2 Å². The molecule has 3 aromatic rings. The van der Waals surface area contributed by atoms with Crippen LogP contribution in [-0.4, -0.2) is 28.2 Å². The van der Waals surface area contributed by atoms with Crippen molar-refractivity contribution in [3.05, 3.63) is 64.3 Å². The highest BCUT2D eigenvalue weighted by atomic mass is 35.5. The number of benzene rings is 2. The topological polar surface area (TPSA) is 8.17 Å². The molecular formula is C30H41ClN2S. The maximum atomic E-state index is 6.53. The van der Waals surface area contributed by atoms with Crippen molar-refractivity contribution in [1.29, 1.82) is 0 Å². The Kier molecular flexibility index (Phi) is 12.1. The van der Waals surface area contributed by atoms with Gasteiger partial charge in [0.05, 0.1) is 5.52 Å². The van der Waals surface area contributed by atoms with Crippen molar-refractivity contribution in [1.82, 2.24) is 8.87 Å². The third kappa shape index (κ3) is 7.57. The zero-order valence-electron chi connectivity index (χ0n) is 21.8. The van der Waals surface area contributed by atoms with Gasteiger partial charge < -0.3 is 4.57 Å². The Morgan fingerprint density at radius 3 is 2.56 bits per heavy atom. The highest BCUT2D eigenvalue weighted by molar-refractivity contribution is 7.96. The van der Waals surface area contributed by atoms with Crippen LogP contribution in [0.3, 0.4) is 0 Å². The van der Waals surface area contributed by atoms with E-state index < -0.39 is 0 Å². The molecule has 0 amide bonds. The van der Waals surface area contributed by atoms with Crippen LogP contribution in [0.5, 0.6) is 0 Å². The molecule has 184 valence electrons.